The molecule has 0 aliphatic carbocycles. The summed E-state index contributed by atoms with van der Waals surface area (Å²) in [6, 6.07) is 8.37. The van der Waals surface area contributed by atoms with Crippen molar-refractivity contribution < 1.29 is 14.3 Å². The predicted octanol–water partition coefficient (Wildman–Crippen LogP) is 1.53. The smallest absolute Gasteiger partial charge is 0.332 e. The summed E-state index contributed by atoms with van der Waals surface area (Å²) in [7, 11) is 1.49. The first kappa shape index (κ1) is 20.1. The van der Waals surface area contributed by atoms with E-state index in [9.17, 15) is 14.4 Å². The minimum atomic E-state index is -0.634. The number of aromatic nitrogens is 3. The first-order chi connectivity index (χ1) is 14.0. The molecule has 0 atom stereocenters. The lowest BCUT2D eigenvalue weighted by Crippen LogP contribution is -2.42. The molecule has 152 valence electrons. The number of nitrogens with zero attached hydrogens (tertiary/aromatic N) is 3. The molecule has 0 unspecified atom stereocenters. The second-order valence-corrected chi connectivity index (χ2v) is 6.18. The summed E-state index contributed by atoms with van der Waals surface area (Å²) in [5.74, 6) is 0.495. The zero-order valence-corrected chi connectivity index (χ0v) is 16.5. The largest absolute Gasteiger partial charge is 0.494 e. The fraction of sp³-hybridized carbons (Fsp3) is 0.300. The number of ether oxygens (including phenoxy) is 2. The summed E-state index contributed by atoms with van der Waals surface area (Å²) in [5, 5.41) is 2.83. The number of carbonyl (C=O) groups is 1. The van der Waals surface area contributed by atoms with Gasteiger partial charge in [0, 0.05) is 18.9 Å². The maximum Gasteiger partial charge on any atom is 0.332 e. The van der Waals surface area contributed by atoms with E-state index < -0.39 is 23.7 Å². The number of hydrogen-bond donors (Lipinski definition) is 1. The summed E-state index contributed by atoms with van der Waals surface area (Å²) in [6.07, 6.45) is 1.47. The van der Waals surface area contributed by atoms with E-state index in [1.807, 2.05) is 6.92 Å². The maximum absolute atomic E-state index is 12.9. The van der Waals surface area contributed by atoms with Crippen molar-refractivity contribution in [1.29, 1.82) is 0 Å². The Bertz CT molecular complexity index is 1150. The average Bonchev–Trinajstić information content (AvgIpc) is 2.71. The molecule has 1 aromatic carbocycles. The van der Waals surface area contributed by atoms with E-state index in [4.69, 9.17) is 9.47 Å². The molecule has 0 saturated carbocycles. The Hall–Kier alpha value is -3.62. The highest BCUT2D eigenvalue weighted by molar-refractivity contribution is 5.91. The highest BCUT2D eigenvalue weighted by Gasteiger charge is 2.18. The predicted molar refractivity (Wildman–Crippen MR) is 109 cm³/mol. The minimum Gasteiger partial charge on any atom is -0.494 e. The molecule has 29 heavy (non-hydrogen) atoms. The Labute approximate surface area is 166 Å². The minimum absolute atomic E-state index is 0.158. The zero-order chi connectivity index (χ0) is 21.0. The van der Waals surface area contributed by atoms with Crippen LogP contribution in [0, 0.1) is 0 Å². The van der Waals surface area contributed by atoms with Gasteiger partial charge in [-0.15, -0.1) is 0 Å². The highest BCUT2D eigenvalue weighted by Crippen LogP contribution is 2.19. The third kappa shape index (κ3) is 4.13. The first-order valence-corrected chi connectivity index (χ1v) is 9.20. The van der Waals surface area contributed by atoms with Crippen LogP contribution < -0.4 is 26.0 Å². The van der Waals surface area contributed by atoms with Crippen LogP contribution in [0.4, 0.5) is 5.69 Å². The second kappa shape index (κ2) is 8.59. The van der Waals surface area contributed by atoms with E-state index in [2.05, 4.69) is 10.3 Å². The van der Waals surface area contributed by atoms with Crippen LogP contribution in [0.3, 0.4) is 0 Å². The monoisotopic (exact) mass is 398 g/mol. The number of pyridine rings is 1. The lowest BCUT2D eigenvalue weighted by Gasteiger charge is -2.13. The third-order valence-electron chi connectivity index (χ3n) is 4.24. The van der Waals surface area contributed by atoms with Gasteiger partial charge in [0.2, 0.25) is 5.91 Å². The molecule has 0 aliphatic heterocycles. The van der Waals surface area contributed by atoms with E-state index in [0.717, 1.165) is 4.57 Å². The van der Waals surface area contributed by atoms with Crippen molar-refractivity contribution in [1.82, 2.24) is 14.1 Å². The van der Waals surface area contributed by atoms with Crippen molar-refractivity contribution >= 4 is 22.6 Å². The van der Waals surface area contributed by atoms with Crippen molar-refractivity contribution in [2.75, 3.05) is 18.5 Å². The summed E-state index contributed by atoms with van der Waals surface area (Å²) < 4.78 is 13.0. The number of hydrogen-bond acceptors (Lipinski definition) is 6. The van der Waals surface area contributed by atoms with Gasteiger partial charge in [-0.05, 0) is 44.2 Å². The lowest BCUT2D eigenvalue weighted by molar-refractivity contribution is -0.116. The summed E-state index contributed by atoms with van der Waals surface area (Å²) in [4.78, 5) is 42.1. The van der Waals surface area contributed by atoms with Crippen LogP contribution >= 0.6 is 0 Å². The Morgan fingerprint density at radius 1 is 1.07 bits per heavy atom. The molecular formula is C20H22N4O5. The van der Waals surface area contributed by atoms with Crippen LogP contribution in [0.2, 0.25) is 0 Å². The lowest BCUT2D eigenvalue weighted by atomic mass is 10.3. The molecule has 2 aromatic heterocycles. The molecular weight excluding hydrogens is 376 g/mol. The number of nitrogens with one attached hydrogen (secondary N) is 1. The molecule has 3 rings (SSSR count). The molecule has 0 saturated heterocycles. The third-order valence-corrected chi connectivity index (χ3v) is 4.24. The van der Waals surface area contributed by atoms with Crippen molar-refractivity contribution in [3.05, 3.63) is 57.4 Å². The van der Waals surface area contributed by atoms with Crippen LogP contribution in [-0.2, 0) is 18.4 Å². The Kier molecular flexibility index (Phi) is 5.96. The molecule has 0 spiro atoms. The van der Waals surface area contributed by atoms with Gasteiger partial charge in [-0.25, -0.2) is 14.3 Å². The molecule has 9 heteroatoms. The first-order valence-electron chi connectivity index (χ1n) is 9.20. The van der Waals surface area contributed by atoms with Crippen molar-refractivity contribution in [2.24, 2.45) is 7.05 Å². The Morgan fingerprint density at radius 2 is 1.76 bits per heavy atom. The van der Waals surface area contributed by atoms with Gasteiger partial charge in [0.1, 0.15) is 23.4 Å². The molecule has 3 aromatic rings. The number of rotatable bonds is 7. The summed E-state index contributed by atoms with van der Waals surface area (Å²) in [5.41, 5.74) is -0.526. The summed E-state index contributed by atoms with van der Waals surface area (Å²) in [6.45, 7) is 4.12. The normalized spacial score (nSPS) is 10.7. The second-order valence-electron chi connectivity index (χ2n) is 6.18. The number of amides is 1. The van der Waals surface area contributed by atoms with Gasteiger partial charge >= 0.3 is 5.69 Å². The number of fused-ring (bicyclic) bond motifs is 1. The van der Waals surface area contributed by atoms with E-state index in [0.29, 0.717) is 30.4 Å². The van der Waals surface area contributed by atoms with E-state index in [1.165, 1.54) is 17.8 Å². The van der Waals surface area contributed by atoms with Gasteiger partial charge in [-0.2, -0.15) is 0 Å². The molecule has 9 nitrogen and oxygen atoms in total. The van der Waals surface area contributed by atoms with Gasteiger partial charge in [0.05, 0.1) is 13.2 Å². The molecule has 0 fully saturated rings. The molecule has 2 heterocycles. The van der Waals surface area contributed by atoms with Crippen molar-refractivity contribution in [3.8, 4) is 11.5 Å². The van der Waals surface area contributed by atoms with Crippen LogP contribution in [-0.4, -0.2) is 33.2 Å². The van der Waals surface area contributed by atoms with E-state index in [1.54, 1.807) is 37.3 Å². The molecule has 0 aliphatic rings. The highest BCUT2D eigenvalue weighted by atomic mass is 16.5. The van der Waals surface area contributed by atoms with Gasteiger partial charge in [-0.3, -0.25) is 14.2 Å². The summed E-state index contributed by atoms with van der Waals surface area (Å²) >= 11 is 0. The Balaban J connectivity index is 1.93. The number of carbonyl (C=O) groups excluding carboxylic acids is 1. The van der Waals surface area contributed by atoms with Crippen LogP contribution in [0.15, 0.2) is 46.1 Å². The van der Waals surface area contributed by atoms with Gasteiger partial charge in [0.15, 0.2) is 5.65 Å². The fourth-order valence-electron chi connectivity index (χ4n) is 2.94. The fourth-order valence-corrected chi connectivity index (χ4v) is 2.94. The number of anilines is 1. The topological polar surface area (TPSA) is 104 Å². The number of aryl methyl sites for hydroxylation is 1. The van der Waals surface area contributed by atoms with E-state index in [-0.39, 0.29) is 11.0 Å². The standard InChI is InChI=1S/C20H22N4O5/c1-4-28-14-8-6-13(7-9-14)22-16(25)12-24-19(26)17-15(29-5-2)10-11-21-18(17)23(3)20(24)27/h6-11H,4-5,12H2,1-3H3,(H,22,25). The van der Waals surface area contributed by atoms with Gasteiger partial charge in [0.25, 0.3) is 5.56 Å². The molecule has 1 N–H and O–H groups in total. The average molecular weight is 398 g/mol. The van der Waals surface area contributed by atoms with Crippen molar-refractivity contribution in [3.63, 3.8) is 0 Å². The molecule has 0 radical (unpaired) electrons. The van der Waals surface area contributed by atoms with Crippen LogP contribution in [0.1, 0.15) is 13.8 Å². The maximum atomic E-state index is 12.9. The van der Waals surface area contributed by atoms with Gasteiger partial charge in [-0.1, -0.05) is 0 Å². The quantitative estimate of drug-likeness (QED) is 0.647. The SMILES string of the molecule is CCOc1ccc(NC(=O)Cn2c(=O)c3c(OCC)ccnc3n(C)c2=O)cc1. The molecule has 1 amide bonds. The zero-order valence-electron chi connectivity index (χ0n) is 16.5. The van der Waals surface area contributed by atoms with Crippen LogP contribution in [0.25, 0.3) is 11.0 Å². The number of benzene rings is 1. The van der Waals surface area contributed by atoms with Gasteiger partial charge < -0.3 is 14.8 Å². The van der Waals surface area contributed by atoms with E-state index >= 15 is 0 Å². The van der Waals surface area contributed by atoms with Crippen LogP contribution in [0.5, 0.6) is 11.5 Å². The van der Waals surface area contributed by atoms with Crippen molar-refractivity contribution in [2.45, 2.75) is 20.4 Å². The Morgan fingerprint density at radius 3 is 2.41 bits per heavy atom. The molecule has 0 bridgehead atoms.